The van der Waals surface area contributed by atoms with Crippen LogP contribution in [0, 0.1) is 0 Å². The second-order valence-corrected chi connectivity index (χ2v) is 7.55. The fourth-order valence-electron chi connectivity index (χ4n) is 4.15. The standard InChI is InChI=1S/C25H21N3O3/c1-2-28-20-9-4-3-8-18(20)19-13-16(10-11-21(19)28)27-23-22(24(30)25(23)31)26-14-15-6-5-7-17(29)12-15/h3-13,26-27,29H,2,14H2,1H3. The Morgan fingerprint density at radius 1 is 0.839 bits per heavy atom. The average molecular weight is 411 g/mol. The lowest BCUT2D eigenvalue weighted by Gasteiger charge is -2.15. The Morgan fingerprint density at radius 2 is 1.61 bits per heavy atom. The van der Waals surface area contributed by atoms with Gasteiger partial charge in [0.15, 0.2) is 0 Å². The lowest BCUT2D eigenvalue weighted by atomic mass is 10.1. The topological polar surface area (TPSA) is 83.4 Å². The molecule has 1 heterocycles. The van der Waals surface area contributed by atoms with E-state index < -0.39 is 10.9 Å². The molecule has 5 rings (SSSR count). The van der Waals surface area contributed by atoms with E-state index in [1.807, 2.05) is 36.4 Å². The number of para-hydroxylation sites is 1. The van der Waals surface area contributed by atoms with Gasteiger partial charge in [0.25, 0.3) is 10.9 Å². The van der Waals surface area contributed by atoms with Gasteiger partial charge >= 0.3 is 0 Å². The molecule has 0 unspecified atom stereocenters. The van der Waals surface area contributed by atoms with Gasteiger partial charge in [-0.05, 0) is 48.9 Å². The van der Waals surface area contributed by atoms with E-state index in [0.717, 1.165) is 34.1 Å². The number of hydrogen-bond donors (Lipinski definition) is 3. The van der Waals surface area contributed by atoms with Crippen LogP contribution in [0.15, 0.2) is 76.3 Å². The molecule has 0 amide bonds. The van der Waals surface area contributed by atoms with Gasteiger partial charge in [0.1, 0.15) is 17.1 Å². The van der Waals surface area contributed by atoms with Crippen LogP contribution in [0.25, 0.3) is 21.8 Å². The zero-order valence-electron chi connectivity index (χ0n) is 17.0. The number of aromatic hydroxyl groups is 1. The van der Waals surface area contributed by atoms with Gasteiger partial charge in [0.2, 0.25) is 0 Å². The van der Waals surface area contributed by atoms with Crippen molar-refractivity contribution in [1.29, 1.82) is 0 Å². The molecule has 0 saturated carbocycles. The van der Waals surface area contributed by atoms with E-state index in [1.165, 1.54) is 5.52 Å². The summed E-state index contributed by atoms with van der Waals surface area (Å²) in [5.41, 5.74) is 3.32. The largest absolute Gasteiger partial charge is 0.508 e. The molecule has 0 fully saturated rings. The number of fused-ring (bicyclic) bond motifs is 3. The van der Waals surface area contributed by atoms with Crippen LogP contribution >= 0.6 is 0 Å². The number of aromatic nitrogens is 1. The van der Waals surface area contributed by atoms with Crippen LogP contribution in [0.5, 0.6) is 5.75 Å². The summed E-state index contributed by atoms with van der Waals surface area (Å²) in [6.07, 6.45) is 0. The van der Waals surface area contributed by atoms with Crippen LogP contribution in [0.3, 0.4) is 0 Å². The molecule has 0 aliphatic heterocycles. The first kappa shape index (κ1) is 18.9. The van der Waals surface area contributed by atoms with Crippen molar-refractivity contribution in [2.24, 2.45) is 0 Å². The number of anilines is 3. The van der Waals surface area contributed by atoms with Crippen molar-refractivity contribution in [2.75, 3.05) is 10.6 Å². The van der Waals surface area contributed by atoms with Crippen LogP contribution < -0.4 is 21.5 Å². The minimum atomic E-state index is -0.536. The molecule has 0 aliphatic carbocycles. The second-order valence-electron chi connectivity index (χ2n) is 7.55. The van der Waals surface area contributed by atoms with Crippen molar-refractivity contribution < 1.29 is 5.11 Å². The highest BCUT2D eigenvalue weighted by Gasteiger charge is 2.21. The van der Waals surface area contributed by atoms with Crippen molar-refractivity contribution >= 4 is 38.9 Å². The van der Waals surface area contributed by atoms with Gasteiger partial charge < -0.3 is 20.3 Å². The third kappa shape index (κ3) is 3.13. The lowest BCUT2D eigenvalue weighted by Crippen LogP contribution is -2.36. The quantitative estimate of drug-likeness (QED) is 0.359. The third-order valence-electron chi connectivity index (χ3n) is 5.65. The van der Waals surface area contributed by atoms with Gasteiger partial charge in [-0.3, -0.25) is 9.59 Å². The number of benzene rings is 3. The Bertz CT molecular complexity index is 1510. The van der Waals surface area contributed by atoms with E-state index in [0.29, 0.717) is 6.54 Å². The molecule has 3 N–H and O–H groups in total. The Hall–Kier alpha value is -4.06. The maximum Gasteiger partial charge on any atom is 0.253 e. The molecule has 4 aromatic carbocycles. The maximum atomic E-state index is 12.2. The van der Waals surface area contributed by atoms with Crippen LogP contribution in [0.4, 0.5) is 17.1 Å². The molecule has 6 nitrogen and oxygen atoms in total. The summed E-state index contributed by atoms with van der Waals surface area (Å²) >= 11 is 0. The number of rotatable bonds is 6. The highest BCUT2D eigenvalue weighted by atomic mass is 16.3. The van der Waals surface area contributed by atoms with Gasteiger partial charge in [-0.15, -0.1) is 0 Å². The summed E-state index contributed by atoms with van der Waals surface area (Å²) in [6.45, 7) is 3.31. The van der Waals surface area contributed by atoms with E-state index in [4.69, 9.17) is 0 Å². The molecule has 0 saturated heterocycles. The Morgan fingerprint density at radius 3 is 2.42 bits per heavy atom. The molecule has 31 heavy (non-hydrogen) atoms. The number of phenolic OH excluding ortho intramolecular Hbond substituents is 1. The SMILES string of the molecule is CCn1c2ccccc2c2cc(Nc3c(NCc4cccc(O)c4)c(=O)c3=O)ccc21. The zero-order valence-corrected chi connectivity index (χ0v) is 17.0. The molecule has 6 heteroatoms. The first-order chi connectivity index (χ1) is 15.1. The summed E-state index contributed by atoms with van der Waals surface area (Å²) in [5.74, 6) is 0.155. The Kier molecular flexibility index (Phi) is 4.47. The number of nitrogens with one attached hydrogen (secondary N) is 2. The average Bonchev–Trinajstić information content (AvgIpc) is 3.11. The van der Waals surface area contributed by atoms with Crippen LogP contribution in [-0.4, -0.2) is 9.67 Å². The smallest absolute Gasteiger partial charge is 0.253 e. The molecule has 0 spiro atoms. The summed E-state index contributed by atoms with van der Waals surface area (Å²) in [5, 5.41) is 18.0. The van der Waals surface area contributed by atoms with Crippen LogP contribution in [-0.2, 0) is 13.1 Å². The first-order valence-electron chi connectivity index (χ1n) is 10.2. The minimum Gasteiger partial charge on any atom is -0.508 e. The van der Waals surface area contributed by atoms with Crippen LogP contribution in [0.1, 0.15) is 12.5 Å². The predicted octanol–water partition coefficient (Wildman–Crippen LogP) is 4.47. The minimum absolute atomic E-state index is 0.155. The Labute approximate surface area is 178 Å². The van der Waals surface area contributed by atoms with Gasteiger partial charge in [-0.1, -0.05) is 30.3 Å². The normalized spacial score (nSPS) is 11.4. The highest BCUT2D eigenvalue weighted by Crippen LogP contribution is 2.32. The van der Waals surface area contributed by atoms with Gasteiger partial charge in [-0.25, -0.2) is 0 Å². The van der Waals surface area contributed by atoms with Crippen molar-refractivity contribution in [2.45, 2.75) is 20.0 Å². The fraction of sp³-hybridized carbons (Fsp3) is 0.120. The van der Waals surface area contributed by atoms with Crippen molar-refractivity contribution in [1.82, 2.24) is 4.57 Å². The first-order valence-corrected chi connectivity index (χ1v) is 10.2. The summed E-state index contributed by atoms with van der Waals surface area (Å²) < 4.78 is 2.26. The molecule has 1 aromatic heterocycles. The summed E-state index contributed by atoms with van der Waals surface area (Å²) in [4.78, 5) is 24.3. The molecule has 0 aliphatic rings. The number of hydrogen-bond acceptors (Lipinski definition) is 5. The van der Waals surface area contributed by atoms with Gasteiger partial charge in [0.05, 0.1) is 0 Å². The second kappa shape index (κ2) is 7.32. The van der Waals surface area contributed by atoms with Crippen LogP contribution in [0.2, 0.25) is 0 Å². The van der Waals surface area contributed by atoms with E-state index in [1.54, 1.807) is 18.2 Å². The third-order valence-corrected chi connectivity index (χ3v) is 5.65. The molecule has 0 radical (unpaired) electrons. The fourth-order valence-corrected chi connectivity index (χ4v) is 4.15. The van der Waals surface area contributed by atoms with Gasteiger partial charge in [-0.2, -0.15) is 0 Å². The van der Waals surface area contributed by atoms with Gasteiger partial charge in [0, 0.05) is 40.6 Å². The Balaban J connectivity index is 1.47. The number of aryl methyl sites for hydroxylation is 1. The maximum absolute atomic E-state index is 12.2. The molecular formula is C25H21N3O3. The molecule has 0 bridgehead atoms. The van der Waals surface area contributed by atoms with Crippen molar-refractivity contribution in [3.8, 4) is 5.75 Å². The van der Waals surface area contributed by atoms with Crippen molar-refractivity contribution in [3.05, 3.63) is 92.7 Å². The lowest BCUT2D eigenvalue weighted by molar-refractivity contribution is 0.474. The zero-order chi connectivity index (χ0) is 21.5. The summed E-state index contributed by atoms with van der Waals surface area (Å²) in [7, 11) is 0. The molecule has 0 atom stereocenters. The monoisotopic (exact) mass is 411 g/mol. The summed E-state index contributed by atoms with van der Waals surface area (Å²) in [6, 6.07) is 21.0. The van der Waals surface area contributed by atoms with E-state index in [2.05, 4.69) is 34.3 Å². The highest BCUT2D eigenvalue weighted by molar-refractivity contribution is 6.09. The van der Waals surface area contributed by atoms with E-state index in [-0.39, 0.29) is 17.1 Å². The number of phenols is 1. The molecule has 154 valence electrons. The van der Waals surface area contributed by atoms with Crippen molar-refractivity contribution in [3.63, 3.8) is 0 Å². The molecule has 5 aromatic rings. The number of nitrogens with zero attached hydrogens (tertiary/aromatic N) is 1. The van der Waals surface area contributed by atoms with E-state index >= 15 is 0 Å². The predicted molar refractivity (Wildman–Crippen MR) is 125 cm³/mol. The molecular weight excluding hydrogens is 390 g/mol. The van der Waals surface area contributed by atoms with E-state index in [9.17, 15) is 14.7 Å².